The standard InChI is InChI=1S/C24H37NO3/c1-7-13-19(3)23(27)21(5)16-18(2)14-11-9-8-10-12-15-20(4)24(28)25-22(6)17-26/h8-16,21-23,26-27H,7,17H2,1-6H3,(H,25,28). The maximum Gasteiger partial charge on any atom is 0.247 e. The number of carbonyl (C=O) groups excluding carboxylic acids is 1. The number of hydrogen-bond donors (Lipinski definition) is 3. The molecule has 0 radical (unpaired) electrons. The molecule has 0 saturated carbocycles. The van der Waals surface area contributed by atoms with E-state index in [0.717, 1.165) is 17.6 Å². The maximum atomic E-state index is 11.8. The van der Waals surface area contributed by atoms with E-state index < -0.39 is 6.10 Å². The van der Waals surface area contributed by atoms with Crippen LogP contribution in [0.15, 0.2) is 71.4 Å². The van der Waals surface area contributed by atoms with Crippen LogP contribution in [0.5, 0.6) is 0 Å². The van der Waals surface area contributed by atoms with Gasteiger partial charge in [-0.15, -0.1) is 0 Å². The predicted octanol–water partition coefficient (Wildman–Crippen LogP) is 4.40. The monoisotopic (exact) mass is 387 g/mol. The predicted molar refractivity (Wildman–Crippen MR) is 119 cm³/mol. The SMILES string of the molecule is CCC=C(C)C(O)C(C)C=C(C)C=CC=CC=CC=C(C)C(=O)NC(C)CO. The highest BCUT2D eigenvalue weighted by molar-refractivity contribution is 5.93. The first-order valence-corrected chi connectivity index (χ1v) is 9.86. The molecule has 4 heteroatoms. The summed E-state index contributed by atoms with van der Waals surface area (Å²) >= 11 is 0. The lowest BCUT2D eigenvalue weighted by Gasteiger charge is -2.17. The second-order valence-corrected chi connectivity index (χ2v) is 7.11. The number of hydrogen-bond acceptors (Lipinski definition) is 3. The minimum Gasteiger partial charge on any atom is -0.394 e. The molecule has 28 heavy (non-hydrogen) atoms. The van der Waals surface area contributed by atoms with Gasteiger partial charge in [0.25, 0.3) is 0 Å². The van der Waals surface area contributed by atoms with Crippen molar-refractivity contribution < 1.29 is 15.0 Å². The zero-order valence-corrected chi connectivity index (χ0v) is 18.1. The third-order valence-corrected chi connectivity index (χ3v) is 4.18. The lowest BCUT2D eigenvalue weighted by molar-refractivity contribution is -0.118. The minimum absolute atomic E-state index is 0.0594. The van der Waals surface area contributed by atoms with Crippen LogP contribution in [0.25, 0.3) is 0 Å². The molecule has 1 amide bonds. The fourth-order valence-corrected chi connectivity index (χ4v) is 2.48. The van der Waals surface area contributed by atoms with Crippen molar-refractivity contribution >= 4 is 5.91 Å². The normalized spacial score (nSPS) is 17.5. The summed E-state index contributed by atoms with van der Waals surface area (Å²) in [6.45, 7) is 11.5. The Hall–Kier alpha value is -2.17. The van der Waals surface area contributed by atoms with E-state index in [2.05, 4.69) is 24.4 Å². The number of amides is 1. The average Bonchev–Trinajstić information content (AvgIpc) is 2.66. The van der Waals surface area contributed by atoms with Crippen LogP contribution in [0.2, 0.25) is 0 Å². The molecule has 0 bridgehead atoms. The van der Waals surface area contributed by atoms with Crippen molar-refractivity contribution in [3.8, 4) is 0 Å². The summed E-state index contributed by atoms with van der Waals surface area (Å²) in [5.74, 6) is -0.125. The highest BCUT2D eigenvalue weighted by Crippen LogP contribution is 2.16. The summed E-state index contributed by atoms with van der Waals surface area (Å²) in [6.07, 6.45) is 17.7. The fraction of sp³-hybridized carbons (Fsp3) is 0.458. The van der Waals surface area contributed by atoms with Crippen LogP contribution < -0.4 is 5.32 Å². The first kappa shape index (κ1) is 25.8. The number of carbonyl (C=O) groups is 1. The Morgan fingerprint density at radius 2 is 1.64 bits per heavy atom. The van der Waals surface area contributed by atoms with Gasteiger partial charge < -0.3 is 15.5 Å². The second kappa shape index (κ2) is 14.8. The zero-order valence-electron chi connectivity index (χ0n) is 18.1. The molecular formula is C24H37NO3. The molecule has 156 valence electrons. The molecule has 0 rings (SSSR count). The van der Waals surface area contributed by atoms with E-state index >= 15 is 0 Å². The van der Waals surface area contributed by atoms with Gasteiger partial charge in [-0.2, -0.15) is 0 Å². The molecule has 0 aromatic carbocycles. The maximum absolute atomic E-state index is 11.8. The highest BCUT2D eigenvalue weighted by atomic mass is 16.3. The fourth-order valence-electron chi connectivity index (χ4n) is 2.48. The van der Waals surface area contributed by atoms with Gasteiger partial charge in [0.05, 0.1) is 12.7 Å². The van der Waals surface area contributed by atoms with Crippen LogP contribution in [0, 0.1) is 5.92 Å². The van der Waals surface area contributed by atoms with Crippen molar-refractivity contribution in [3.63, 3.8) is 0 Å². The van der Waals surface area contributed by atoms with Crippen LogP contribution in [0.4, 0.5) is 0 Å². The Labute approximate surface area is 170 Å². The van der Waals surface area contributed by atoms with Crippen molar-refractivity contribution in [2.75, 3.05) is 6.61 Å². The number of rotatable bonds is 11. The van der Waals surface area contributed by atoms with Crippen molar-refractivity contribution in [3.05, 3.63) is 71.4 Å². The van der Waals surface area contributed by atoms with E-state index in [1.54, 1.807) is 26.0 Å². The molecule has 0 aliphatic heterocycles. The first-order valence-electron chi connectivity index (χ1n) is 9.86. The molecule has 4 nitrogen and oxygen atoms in total. The van der Waals surface area contributed by atoms with Crippen LogP contribution >= 0.6 is 0 Å². The van der Waals surface area contributed by atoms with Crippen LogP contribution in [0.3, 0.4) is 0 Å². The molecule has 0 aliphatic carbocycles. The Kier molecular flexibility index (Phi) is 13.7. The number of nitrogens with one attached hydrogen (secondary N) is 1. The lowest BCUT2D eigenvalue weighted by atomic mass is 9.95. The number of aliphatic hydroxyl groups is 2. The second-order valence-electron chi connectivity index (χ2n) is 7.11. The van der Waals surface area contributed by atoms with Gasteiger partial charge in [0.2, 0.25) is 5.91 Å². The number of aliphatic hydroxyl groups excluding tert-OH is 2. The smallest absolute Gasteiger partial charge is 0.247 e. The largest absolute Gasteiger partial charge is 0.394 e. The zero-order chi connectivity index (χ0) is 21.5. The van der Waals surface area contributed by atoms with E-state index in [1.165, 1.54) is 0 Å². The van der Waals surface area contributed by atoms with Gasteiger partial charge in [-0.05, 0) is 39.7 Å². The van der Waals surface area contributed by atoms with Crippen molar-refractivity contribution in [2.45, 2.75) is 60.1 Å². The topological polar surface area (TPSA) is 69.6 Å². The molecule has 3 atom stereocenters. The van der Waals surface area contributed by atoms with Gasteiger partial charge in [-0.25, -0.2) is 0 Å². The molecule has 3 unspecified atom stereocenters. The third kappa shape index (κ3) is 11.5. The van der Waals surface area contributed by atoms with E-state index in [0.29, 0.717) is 5.57 Å². The van der Waals surface area contributed by atoms with Gasteiger partial charge in [0.1, 0.15) is 0 Å². The van der Waals surface area contributed by atoms with Crippen molar-refractivity contribution in [2.24, 2.45) is 5.92 Å². The van der Waals surface area contributed by atoms with Gasteiger partial charge in [-0.1, -0.05) is 74.1 Å². The van der Waals surface area contributed by atoms with Gasteiger partial charge in [-0.3, -0.25) is 4.79 Å². The molecule has 0 aromatic heterocycles. The molecular weight excluding hydrogens is 350 g/mol. The molecule has 3 N–H and O–H groups in total. The Bertz CT molecular complexity index is 651. The van der Waals surface area contributed by atoms with Gasteiger partial charge in [0.15, 0.2) is 0 Å². The summed E-state index contributed by atoms with van der Waals surface area (Å²) < 4.78 is 0. The van der Waals surface area contributed by atoms with Crippen molar-refractivity contribution in [1.29, 1.82) is 0 Å². The van der Waals surface area contributed by atoms with E-state index in [9.17, 15) is 9.90 Å². The van der Waals surface area contributed by atoms with E-state index in [4.69, 9.17) is 5.11 Å². The molecule has 0 fully saturated rings. The summed E-state index contributed by atoms with van der Waals surface area (Å²) in [6, 6.07) is -0.253. The lowest BCUT2D eigenvalue weighted by Crippen LogP contribution is -2.35. The van der Waals surface area contributed by atoms with Crippen LogP contribution in [0.1, 0.15) is 48.0 Å². The summed E-state index contributed by atoms with van der Waals surface area (Å²) in [4.78, 5) is 11.8. The Morgan fingerprint density at radius 1 is 1.04 bits per heavy atom. The van der Waals surface area contributed by atoms with E-state index in [-0.39, 0.29) is 24.5 Å². The summed E-state index contributed by atoms with van der Waals surface area (Å²) in [7, 11) is 0. The van der Waals surface area contributed by atoms with Crippen molar-refractivity contribution in [1.82, 2.24) is 5.32 Å². The van der Waals surface area contributed by atoms with Crippen LogP contribution in [-0.2, 0) is 4.79 Å². The molecule has 0 heterocycles. The highest BCUT2D eigenvalue weighted by Gasteiger charge is 2.13. The minimum atomic E-state index is -0.450. The van der Waals surface area contributed by atoms with Gasteiger partial charge >= 0.3 is 0 Å². The first-order chi connectivity index (χ1) is 13.2. The molecule has 0 saturated heterocycles. The molecule has 0 aliphatic rings. The number of allylic oxidation sites excluding steroid dienone is 9. The summed E-state index contributed by atoms with van der Waals surface area (Å²) in [5.41, 5.74) is 2.69. The van der Waals surface area contributed by atoms with E-state index in [1.807, 2.05) is 51.2 Å². The quantitative estimate of drug-likeness (QED) is 0.280. The average molecular weight is 388 g/mol. The Morgan fingerprint density at radius 3 is 2.25 bits per heavy atom. The summed E-state index contributed by atoms with van der Waals surface area (Å²) in [5, 5.41) is 21.9. The molecule has 0 spiro atoms. The third-order valence-electron chi connectivity index (χ3n) is 4.18. The van der Waals surface area contributed by atoms with Crippen LogP contribution in [-0.4, -0.2) is 34.9 Å². The molecule has 0 aromatic rings. The Balaban J connectivity index is 4.59. The van der Waals surface area contributed by atoms with Gasteiger partial charge in [0, 0.05) is 17.5 Å².